The van der Waals surface area contributed by atoms with Gasteiger partial charge in [-0.3, -0.25) is 4.79 Å². The first kappa shape index (κ1) is 25.9. The standard InChI is InChI=1S/C28H48N2O/c1-4-5-6-7-8-9-10-11-12-16-21-30-22-19-26(20-23-30)28(2,3)27(31)29-24-25-17-14-13-15-18-25/h13-15,17-18,26H,4-12,16,19-24H2,1-3H3,(H,29,31). The van der Waals surface area contributed by atoms with E-state index in [0.29, 0.717) is 12.5 Å². The molecule has 1 fully saturated rings. The molecule has 0 saturated carbocycles. The van der Waals surface area contributed by atoms with Crippen molar-refractivity contribution in [1.82, 2.24) is 10.2 Å². The van der Waals surface area contributed by atoms with Crippen molar-refractivity contribution in [3.05, 3.63) is 35.9 Å². The molecule has 3 nitrogen and oxygen atoms in total. The van der Waals surface area contributed by atoms with Gasteiger partial charge in [0.25, 0.3) is 0 Å². The van der Waals surface area contributed by atoms with Crippen molar-refractivity contribution in [1.29, 1.82) is 0 Å². The maximum absolute atomic E-state index is 12.9. The van der Waals surface area contributed by atoms with E-state index in [-0.39, 0.29) is 11.3 Å². The lowest BCUT2D eigenvalue weighted by Gasteiger charge is -2.39. The van der Waals surface area contributed by atoms with Gasteiger partial charge in [-0.15, -0.1) is 0 Å². The Labute approximate surface area is 192 Å². The van der Waals surface area contributed by atoms with E-state index in [1.807, 2.05) is 18.2 Å². The van der Waals surface area contributed by atoms with E-state index < -0.39 is 0 Å². The number of hydrogen-bond acceptors (Lipinski definition) is 2. The van der Waals surface area contributed by atoms with E-state index >= 15 is 0 Å². The number of likely N-dealkylation sites (tertiary alicyclic amines) is 1. The van der Waals surface area contributed by atoms with Gasteiger partial charge in [-0.1, -0.05) is 109 Å². The van der Waals surface area contributed by atoms with E-state index in [4.69, 9.17) is 0 Å². The Morgan fingerprint density at radius 3 is 2.03 bits per heavy atom. The molecule has 3 heteroatoms. The van der Waals surface area contributed by atoms with Crippen molar-refractivity contribution in [2.45, 2.75) is 104 Å². The van der Waals surface area contributed by atoms with Gasteiger partial charge in [0.2, 0.25) is 5.91 Å². The monoisotopic (exact) mass is 428 g/mol. The normalized spacial score (nSPS) is 15.8. The minimum absolute atomic E-state index is 0.199. The Morgan fingerprint density at radius 2 is 1.45 bits per heavy atom. The third kappa shape index (κ3) is 9.76. The van der Waals surface area contributed by atoms with Gasteiger partial charge in [0.05, 0.1) is 0 Å². The SMILES string of the molecule is CCCCCCCCCCCCN1CCC(C(C)(C)C(=O)NCc2ccccc2)CC1. The van der Waals surface area contributed by atoms with E-state index in [9.17, 15) is 4.79 Å². The molecule has 1 amide bonds. The molecule has 0 aliphatic carbocycles. The highest BCUT2D eigenvalue weighted by atomic mass is 16.2. The second kappa shape index (κ2) is 14.7. The maximum atomic E-state index is 12.9. The van der Waals surface area contributed by atoms with Crippen molar-refractivity contribution >= 4 is 5.91 Å². The zero-order chi connectivity index (χ0) is 22.4. The van der Waals surface area contributed by atoms with E-state index in [2.05, 4.69) is 43.1 Å². The fraction of sp³-hybridized carbons (Fsp3) is 0.750. The number of amides is 1. The van der Waals surface area contributed by atoms with Crippen LogP contribution in [0.5, 0.6) is 0 Å². The van der Waals surface area contributed by atoms with Crippen molar-refractivity contribution in [2.75, 3.05) is 19.6 Å². The number of carbonyl (C=O) groups excluding carboxylic acids is 1. The average molecular weight is 429 g/mol. The van der Waals surface area contributed by atoms with Gasteiger partial charge in [-0.2, -0.15) is 0 Å². The summed E-state index contributed by atoms with van der Waals surface area (Å²) >= 11 is 0. The van der Waals surface area contributed by atoms with Crippen molar-refractivity contribution < 1.29 is 4.79 Å². The summed E-state index contributed by atoms with van der Waals surface area (Å²) in [5, 5.41) is 3.17. The molecule has 1 aliphatic heterocycles. The van der Waals surface area contributed by atoms with Gasteiger partial charge < -0.3 is 10.2 Å². The second-order valence-electron chi connectivity index (χ2n) is 10.2. The van der Waals surface area contributed by atoms with Crippen LogP contribution in [-0.2, 0) is 11.3 Å². The van der Waals surface area contributed by atoms with E-state index in [1.54, 1.807) is 0 Å². The summed E-state index contributed by atoms with van der Waals surface area (Å²) < 4.78 is 0. The first-order valence-corrected chi connectivity index (χ1v) is 13.1. The fourth-order valence-corrected chi connectivity index (χ4v) is 4.89. The Morgan fingerprint density at radius 1 is 0.903 bits per heavy atom. The number of piperidine rings is 1. The number of unbranched alkanes of at least 4 members (excludes halogenated alkanes) is 9. The summed E-state index contributed by atoms with van der Waals surface area (Å²) in [6.45, 7) is 10.7. The van der Waals surface area contributed by atoms with E-state index in [0.717, 1.165) is 31.5 Å². The molecule has 2 rings (SSSR count). The van der Waals surface area contributed by atoms with Crippen molar-refractivity contribution in [2.24, 2.45) is 11.3 Å². The number of hydrogen-bond donors (Lipinski definition) is 1. The van der Waals surface area contributed by atoms with Crippen molar-refractivity contribution in [3.63, 3.8) is 0 Å². The predicted molar refractivity (Wildman–Crippen MR) is 133 cm³/mol. The Hall–Kier alpha value is -1.35. The quantitative estimate of drug-likeness (QED) is 0.306. The molecule has 1 N–H and O–H groups in total. The van der Waals surface area contributed by atoms with Crippen LogP contribution in [0, 0.1) is 11.3 Å². The second-order valence-corrected chi connectivity index (χ2v) is 10.2. The summed E-state index contributed by atoms with van der Waals surface area (Å²) in [4.78, 5) is 15.5. The molecule has 1 aliphatic rings. The average Bonchev–Trinajstić information content (AvgIpc) is 2.79. The molecule has 1 heterocycles. The van der Waals surface area contributed by atoms with Crippen LogP contribution in [0.1, 0.15) is 103 Å². The minimum Gasteiger partial charge on any atom is -0.352 e. The highest BCUT2D eigenvalue weighted by Gasteiger charge is 2.38. The number of carbonyl (C=O) groups is 1. The lowest BCUT2D eigenvalue weighted by molar-refractivity contribution is -0.133. The summed E-state index contributed by atoms with van der Waals surface area (Å²) in [7, 11) is 0. The predicted octanol–water partition coefficient (Wildman–Crippen LogP) is 6.96. The first-order valence-electron chi connectivity index (χ1n) is 13.1. The molecular formula is C28H48N2O. The Bertz CT molecular complexity index is 590. The molecule has 0 bridgehead atoms. The molecule has 0 spiro atoms. The van der Waals surface area contributed by atoms with Gasteiger partial charge in [0.15, 0.2) is 0 Å². The smallest absolute Gasteiger partial charge is 0.226 e. The van der Waals surface area contributed by atoms with Gasteiger partial charge in [-0.25, -0.2) is 0 Å². The minimum atomic E-state index is -0.294. The highest BCUT2D eigenvalue weighted by molar-refractivity contribution is 5.82. The van der Waals surface area contributed by atoms with Gasteiger partial charge in [0.1, 0.15) is 0 Å². The fourth-order valence-electron chi connectivity index (χ4n) is 4.89. The van der Waals surface area contributed by atoms with Crippen LogP contribution >= 0.6 is 0 Å². The third-order valence-electron chi connectivity index (χ3n) is 7.32. The highest BCUT2D eigenvalue weighted by Crippen LogP contribution is 2.35. The molecule has 0 aromatic heterocycles. The molecule has 1 aromatic rings. The van der Waals surface area contributed by atoms with Crippen LogP contribution in [0.2, 0.25) is 0 Å². The third-order valence-corrected chi connectivity index (χ3v) is 7.32. The zero-order valence-corrected chi connectivity index (χ0v) is 20.6. The Balaban J connectivity index is 1.55. The molecule has 0 unspecified atom stereocenters. The molecule has 0 radical (unpaired) electrons. The van der Waals surface area contributed by atoms with Crippen LogP contribution in [0.25, 0.3) is 0 Å². The lowest BCUT2D eigenvalue weighted by atomic mass is 9.73. The van der Waals surface area contributed by atoms with E-state index in [1.165, 1.54) is 70.8 Å². The molecule has 176 valence electrons. The molecule has 0 atom stereocenters. The maximum Gasteiger partial charge on any atom is 0.226 e. The lowest BCUT2D eigenvalue weighted by Crippen LogP contribution is -2.46. The van der Waals surface area contributed by atoms with Crippen LogP contribution in [0.4, 0.5) is 0 Å². The van der Waals surface area contributed by atoms with Gasteiger partial charge >= 0.3 is 0 Å². The largest absolute Gasteiger partial charge is 0.352 e. The summed E-state index contributed by atoms with van der Waals surface area (Å²) in [5.74, 6) is 0.678. The van der Waals surface area contributed by atoms with Gasteiger partial charge in [0, 0.05) is 12.0 Å². The van der Waals surface area contributed by atoms with Crippen molar-refractivity contribution in [3.8, 4) is 0 Å². The van der Waals surface area contributed by atoms with Crippen LogP contribution in [0.3, 0.4) is 0 Å². The van der Waals surface area contributed by atoms with Crippen LogP contribution in [-0.4, -0.2) is 30.4 Å². The van der Waals surface area contributed by atoms with Crippen LogP contribution < -0.4 is 5.32 Å². The summed E-state index contributed by atoms with van der Waals surface area (Å²) in [6.07, 6.45) is 16.3. The van der Waals surface area contributed by atoms with Crippen LogP contribution in [0.15, 0.2) is 30.3 Å². The van der Waals surface area contributed by atoms with Gasteiger partial charge in [-0.05, 0) is 50.4 Å². The first-order chi connectivity index (χ1) is 15.0. The molecule has 1 saturated heterocycles. The number of nitrogens with one attached hydrogen (secondary N) is 1. The summed E-state index contributed by atoms with van der Waals surface area (Å²) in [6, 6.07) is 10.2. The number of benzene rings is 1. The molecular weight excluding hydrogens is 380 g/mol. The number of nitrogens with zero attached hydrogens (tertiary/aromatic N) is 1. The summed E-state index contributed by atoms with van der Waals surface area (Å²) in [5.41, 5.74) is 0.871. The zero-order valence-electron chi connectivity index (χ0n) is 20.6. The number of rotatable bonds is 15. The topological polar surface area (TPSA) is 32.3 Å². The molecule has 1 aromatic carbocycles. The molecule has 31 heavy (non-hydrogen) atoms. The Kier molecular flexibility index (Phi) is 12.3.